The first-order valence-electron chi connectivity index (χ1n) is 3.40. The zero-order chi connectivity index (χ0) is 7.52. The van der Waals surface area contributed by atoms with Crippen molar-refractivity contribution in [3.05, 3.63) is 24.3 Å². The van der Waals surface area contributed by atoms with Gasteiger partial charge in [-0.2, -0.15) is 0 Å². The van der Waals surface area contributed by atoms with Crippen molar-refractivity contribution >= 4 is 16.8 Å². The van der Waals surface area contributed by atoms with Gasteiger partial charge in [0, 0.05) is 18.5 Å². The summed E-state index contributed by atoms with van der Waals surface area (Å²) in [4.78, 5) is 12.2. The Morgan fingerprint density at radius 3 is 3.09 bits per heavy atom. The van der Waals surface area contributed by atoms with E-state index in [0.29, 0.717) is 0 Å². The SMILES string of the molecule is c1cc(C2=NCCS2)ncn1. The third-order valence-corrected chi connectivity index (χ3v) is 2.38. The molecule has 0 N–H and O–H groups in total. The van der Waals surface area contributed by atoms with Crippen LogP contribution in [0.15, 0.2) is 23.6 Å². The van der Waals surface area contributed by atoms with Crippen LogP contribution in [0, 0.1) is 0 Å². The molecule has 1 aromatic heterocycles. The predicted molar refractivity (Wildman–Crippen MR) is 45.9 cm³/mol. The Hall–Kier alpha value is -0.900. The van der Waals surface area contributed by atoms with Crippen molar-refractivity contribution in [3.63, 3.8) is 0 Å². The molecule has 1 aliphatic heterocycles. The second-order valence-corrected chi connectivity index (χ2v) is 3.21. The fraction of sp³-hybridized carbons (Fsp3) is 0.286. The molecule has 4 heteroatoms. The van der Waals surface area contributed by atoms with Crippen LogP contribution in [0.4, 0.5) is 0 Å². The van der Waals surface area contributed by atoms with Crippen molar-refractivity contribution in [3.8, 4) is 0 Å². The first-order valence-corrected chi connectivity index (χ1v) is 4.39. The molecule has 0 aromatic carbocycles. The van der Waals surface area contributed by atoms with Crippen LogP contribution in [-0.2, 0) is 0 Å². The molecule has 0 unspecified atom stereocenters. The van der Waals surface area contributed by atoms with Gasteiger partial charge in [-0.3, -0.25) is 4.99 Å². The highest BCUT2D eigenvalue weighted by Crippen LogP contribution is 2.16. The van der Waals surface area contributed by atoms with Crippen LogP contribution in [0.2, 0.25) is 0 Å². The standard InChI is InChI=1S/C7H7N3S/c1-2-8-5-10-6(1)7-9-3-4-11-7/h1-2,5H,3-4H2. The normalized spacial score (nSPS) is 16.5. The predicted octanol–water partition coefficient (Wildman–Crippen LogP) is 0.970. The van der Waals surface area contributed by atoms with Gasteiger partial charge in [-0.05, 0) is 6.07 Å². The number of nitrogens with zero attached hydrogens (tertiary/aromatic N) is 3. The largest absolute Gasteiger partial charge is 0.275 e. The van der Waals surface area contributed by atoms with Gasteiger partial charge in [0.1, 0.15) is 11.4 Å². The lowest BCUT2D eigenvalue weighted by atomic mass is 10.4. The Kier molecular flexibility index (Phi) is 1.85. The zero-order valence-electron chi connectivity index (χ0n) is 5.90. The van der Waals surface area contributed by atoms with E-state index in [4.69, 9.17) is 0 Å². The van der Waals surface area contributed by atoms with E-state index in [9.17, 15) is 0 Å². The summed E-state index contributed by atoms with van der Waals surface area (Å²) in [6, 6.07) is 1.89. The molecular weight excluding hydrogens is 158 g/mol. The molecule has 0 radical (unpaired) electrons. The lowest BCUT2D eigenvalue weighted by Gasteiger charge is -1.94. The highest BCUT2D eigenvalue weighted by Gasteiger charge is 2.09. The Balaban J connectivity index is 2.29. The molecule has 56 valence electrons. The van der Waals surface area contributed by atoms with E-state index in [1.165, 1.54) is 0 Å². The summed E-state index contributed by atoms with van der Waals surface area (Å²) >= 11 is 1.76. The summed E-state index contributed by atoms with van der Waals surface area (Å²) in [5, 5.41) is 1.05. The van der Waals surface area contributed by atoms with E-state index in [-0.39, 0.29) is 0 Å². The van der Waals surface area contributed by atoms with Crippen molar-refractivity contribution in [2.24, 2.45) is 4.99 Å². The Bertz CT molecular complexity index is 270. The molecule has 0 saturated heterocycles. The smallest absolute Gasteiger partial charge is 0.116 e. The average Bonchev–Trinajstić information content (AvgIpc) is 2.58. The summed E-state index contributed by atoms with van der Waals surface area (Å²) in [6.07, 6.45) is 3.29. The fourth-order valence-corrected chi connectivity index (χ4v) is 1.73. The third-order valence-electron chi connectivity index (χ3n) is 1.39. The van der Waals surface area contributed by atoms with E-state index in [2.05, 4.69) is 15.0 Å². The molecule has 0 amide bonds. The Morgan fingerprint density at radius 1 is 1.45 bits per heavy atom. The quantitative estimate of drug-likeness (QED) is 0.622. The van der Waals surface area contributed by atoms with Crippen LogP contribution in [-0.4, -0.2) is 27.3 Å². The summed E-state index contributed by atoms with van der Waals surface area (Å²) in [6.45, 7) is 0.921. The van der Waals surface area contributed by atoms with E-state index in [1.807, 2.05) is 6.07 Å². The van der Waals surface area contributed by atoms with Crippen LogP contribution >= 0.6 is 11.8 Å². The van der Waals surface area contributed by atoms with Gasteiger partial charge < -0.3 is 0 Å². The van der Waals surface area contributed by atoms with Crippen LogP contribution in [0.3, 0.4) is 0 Å². The molecule has 0 saturated carbocycles. The first kappa shape index (κ1) is 6.79. The molecule has 0 aliphatic carbocycles. The Morgan fingerprint density at radius 2 is 2.45 bits per heavy atom. The molecule has 3 nitrogen and oxygen atoms in total. The molecule has 0 bridgehead atoms. The van der Waals surface area contributed by atoms with Gasteiger partial charge in [0.2, 0.25) is 0 Å². The number of rotatable bonds is 1. The topological polar surface area (TPSA) is 38.1 Å². The molecule has 11 heavy (non-hydrogen) atoms. The minimum absolute atomic E-state index is 0.921. The monoisotopic (exact) mass is 165 g/mol. The van der Waals surface area contributed by atoms with Crippen LogP contribution in [0.1, 0.15) is 5.69 Å². The van der Waals surface area contributed by atoms with Crippen molar-refractivity contribution in [2.45, 2.75) is 0 Å². The van der Waals surface area contributed by atoms with Crippen molar-refractivity contribution in [1.29, 1.82) is 0 Å². The maximum Gasteiger partial charge on any atom is 0.116 e. The Labute approximate surface area is 69.0 Å². The van der Waals surface area contributed by atoms with Gasteiger partial charge in [0.25, 0.3) is 0 Å². The first-order chi connectivity index (χ1) is 5.47. The number of hydrogen-bond acceptors (Lipinski definition) is 4. The average molecular weight is 165 g/mol. The number of hydrogen-bond donors (Lipinski definition) is 0. The lowest BCUT2D eigenvalue weighted by Crippen LogP contribution is -1.95. The summed E-state index contributed by atoms with van der Waals surface area (Å²) in [5.41, 5.74) is 0.947. The molecule has 1 aliphatic rings. The van der Waals surface area contributed by atoms with Crippen LogP contribution in [0.25, 0.3) is 0 Å². The zero-order valence-corrected chi connectivity index (χ0v) is 6.71. The van der Waals surface area contributed by atoms with Crippen molar-refractivity contribution in [2.75, 3.05) is 12.3 Å². The highest BCUT2D eigenvalue weighted by molar-refractivity contribution is 8.14. The van der Waals surface area contributed by atoms with E-state index in [0.717, 1.165) is 23.0 Å². The number of aliphatic imine (C=N–C) groups is 1. The molecule has 0 spiro atoms. The molecular formula is C7H7N3S. The summed E-state index contributed by atoms with van der Waals surface area (Å²) in [7, 11) is 0. The second kappa shape index (κ2) is 3.00. The van der Waals surface area contributed by atoms with E-state index >= 15 is 0 Å². The molecule has 0 fully saturated rings. The maximum absolute atomic E-state index is 4.30. The van der Waals surface area contributed by atoms with Crippen LogP contribution in [0.5, 0.6) is 0 Å². The van der Waals surface area contributed by atoms with Crippen molar-refractivity contribution in [1.82, 2.24) is 9.97 Å². The molecule has 1 aromatic rings. The third kappa shape index (κ3) is 1.40. The highest BCUT2D eigenvalue weighted by atomic mass is 32.2. The molecule has 2 heterocycles. The van der Waals surface area contributed by atoms with Crippen molar-refractivity contribution < 1.29 is 0 Å². The molecule has 0 atom stereocenters. The van der Waals surface area contributed by atoms with E-state index < -0.39 is 0 Å². The van der Waals surface area contributed by atoms with Crippen LogP contribution < -0.4 is 0 Å². The second-order valence-electron chi connectivity index (χ2n) is 2.13. The minimum atomic E-state index is 0.921. The summed E-state index contributed by atoms with van der Waals surface area (Å²) < 4.78 is 0. The van der Waals surface area contributed by atoms with Gasteiger partial charge >= 0.3 is 0 Å². The fourth-order valence-electron chi connectivity index (χ4n) is 0.907. The van der Waals surface area contributed by atoms with Gasteiger partial charge in [-0.15, -0.1) is 11.8 Å². The molecule has 2 rings (SSSR count). The van der Waals surface area contributed by atoms with Gasteiger partial charge in [-0.25, -0.2) is 9.97 Å². The number of thioether (sulfide) groups is 1. The van der Waals surface area contributed by atoms with Gasteiger partial charge in [0.05, 0.1) is 5.69 Å². The van der Waals surface area contributed by atoms with Gasteiger partial charge in [0.15, 0.2) is 0 Å². The minimum Gasteiger partial charge on any atom is -0.275 e. The number of aromatic nitrogens is 2. The maximum atomic E-state index is 4.30. The lowest BCUT2D eigenvalue weighted by molar-refractivity contribution is 1.14. The summed E-state index contributed by atoms with van der Waals surface area (Å²) in [5.74, 6) is 1.08. The van der Waals surface area contributed by atoms with Gasteiger partial charge in [-0.1, -0.05) is 0 Å². The van der Waals surface area contributed by atoms with E-state index in [1.54, 1.807) is 24.3 Å².